The van der Waals surface area contributed by atoms with Crippen molar-refractivity contribution >= 4 is 11.1 Å². The van der Waals surface area contributed by atoms with Crippen LogP contribution in [0.4, 0.5) is 0 Å². The molecule has 0 N–H and O–H groups in total. The molecule has 2 rings (SSSR count). The molecule has 0 aliphatic heterocycles. The van der Waals surface area contributed by atoms with E-state index in [0.717, 1.165) is 0 Å². The summed E-state index contributed by atoms with van der Waals surface area (Å²) in [6.07, 6.45) is 0. The van der Waals surface area contributed by atoms with Gasteiger partial charge in [0.05, 0.1) is 0 Å². The van der Waals surface area contributed by atoms with Crippen molar-refractivity contribution in [1.29, 1.82) is 0 Å². The minimum absolute atomic E-state index is 0.0669. The van der Waals surface area contributed by atoms with Gasteiger partial charge < -0.3 is 0 Å². The van der Waals surface area contributed by atoms with Crippen molar-refractivity contribution in [1.82, 2.24) is 0 Å². The Bertz CT molecular complexity index is 619. The second kappa shape index (κ2) is 5.94. The first-order chi connectivity index (χ1) is 9.48. The normalized spacial score (nSPS) is 10.8. The molecule has 0 unspecified atom stereocenters. The van der Waals surface area contributed by atoms with Gasteiger partial charge in [-0.15, -0.1) is 5.73 Å². The standard InChI is InChI=1S/C20H22/c1-16(17-11-7-5-8-12-17)15-19(20(2,3)4)18-13-9-6-10-14-18/h5-14H,1-4H3. The molecule has 0 amide bonds. The molecule has 0 spiro atoms. The van der Waals surface area contributed by atoms with Crippen LogP contribution in [0.1, 0.15) is 38.8 Å². The minimum Gasteiger partial charge on any atom is -0.112 e. The Morgan fingerprint density at radius 1 is 0.750 bits per heavy atom. The van der Waals surface area contributed by atoms with Crippen molar-refractivity contribution in [2.45, 2.75) is 27.7 Å². The molecule has 2 aromatic carbocycles. The van der Waals surface area contributed by atoms with Gasteiger partial charge >= 0.3 is 0 Å². The molecule has 0 heteroatoms. The molecule has 0 nitrogen and oxygen atoms in total. The topological polar surface area (TPSA) is 0 Å². The lowest BCUT2D eigenvalue weighted by atomic mass is 9.82. The van der Waals surface area contributed by atoms with Gasteiger partial charge in [0.2, 0.25) is 0 Å². The lowest BCUT2D eigenvalue weighted by Gasteiger charge is -2.21. The van der Waals surface area contributed by atoms with Crippen molar-refractivity contribution < 1.29 is 0 Å². The molecule has 2 aromatic rings. The predicted molar refractivity (Wildman–Crippen MR) is 88.3 cm³/mol. The van der Waals surface area contributed by atoms with E-state index >= 15 is 0 Å². The van der Waals surface area contributed by atoms with Crippen LogP contribution in [0.2, 0.25) is 0 Å². The number of rotatable bonds is 2. The highest BCUT2D eigenvalue weighted by Gasteiger charge is 2.18. The van der Waals surface area contributed by atoms with Gasteiger partial charge in [-0.2, -0.15) is 0 Å². The number of hydrogen-bond acceptors (Lipinski definition) is 0. The summed E-state index contributed by atoms with van der Waals surface area (Å²) in [4.78, 5) is 0. The van der Waals surface area contributed by atoms with E-state index in [0.29, 0.717) is 0 Å². The fraction of sp³-hybridized carbons (Fsp3) is 0.250. The Morgan fingerprint density at radius 2 is 1.20 bits per heavy atom. The van der Waals surface area contributed by atoms with E-state index in [2.05, 4.69) is 88.0 Å². The fourth-order valence-electron chi connectivity index (χ4n) is 2.25. The van der Waals surface area contributed by atoms with E-state index < -0.39 is 0 Å². The molecular formula is C20H22. The van der Waals surface area contributed by atoms with Crippen molar-refractivity contribution in [2.24, 2.45) is 5.41 Å². The molecule has 0 aliphatic carbocycles. The SMILES string of the molecule is CC(=C=C(c1ccccc1)C(C)(C)C)c1ccccc1. The third kappa shape index (κ3) is 3.50. The van der Waals surface area contributed by atoms with Gasteiger partial charge in [0.15, 0.2) is 0 Å². The van der Waals surface area contributed by atoms with E-state index in [-0.39, 0.29) is 5.41 Å². The molecule has 0 saturated carbocycles. The summed E-state index contributed by atoms with van der Waals surface area (Å²) in [5, 5.41) is 0. The lowest BCUT2D eigenvalue weighted by Crippen LogP contribution is -2.07. The quantitative estimate of drug-likeness (QED) is 0.598. The third-order valence-electron chi connectivity index (χ3n) is 3.33. The van der Waals surface area contributed by atoms with Crippen molar-refractivity contribution in [3.8, 4) is 0 Å². The van der Waals surface area contributed by atoms with Crippen LogP contribution in [0.15, 0.2) is 66.4 Å². The third-order valence-corrected chi connectivity index (χ3v) is 3.33. The Labute approximate surface area is 122 Å². The summed E-state index contributed by atoms with van der Waals surface area (Å²) in [5.41, 5.74) is 8.59. The molecule has 0 heterocycles. The predicted octanol–water partition coefficient (Wildman–Crippen LogP) is 5.82. The highest BCUT2D eigenvalue weighted by Crippen LogP contribution is 2.34. The average Bonchev–Trinajstić information content (AvgIpc) is 2.45. The number of benzene rings is 2. The van der Waals surface area contributed by atoms with Crippen molar-refractivity contribution in [3.63, 3.8) is 0 Å². The Hall–Kier alpha value is -2.04. The number of hydrogen-bond donors (Lipinski definition) is 0. The van der Waals surface area contributed by atoms with Crippen molar-refractivity contribution in [2.75, 3.05) is 0 Å². The van der Waals surface area contributed by atoms with Crippen LogP contribution < -0.4 is 0 Å². The van der Waals surface area contributed by atoms with Gasteiger partial charge in [-0.3, -0.25) is 0 Å². The molecule has 0 saturated heterocycles. The van der Waals surface area contributed by atoms with Gasteiger partial charge in [-0.25, -0.2) is 0 Å². The molecule has 102 valence electrons. The highest BCUT2D eigenvalue weighted by molar-refractivity contribution is 5.76. The van der Waals surface area contributed by atoms with E-state index in [9.17, 15) is 0 Å². The molecular weight excluding hydrogens is 240 g/mol. The van der Waals surface area contributed by atoms with E-state index in [1.165, 1.54) is 22.3 Å². The summed E-state index contributed by atoms with van der Waals surface area (Å²) in [7, 11) is 0. The average molecular weight is 262 g/mol. The van der Waals surface area contributed by atoms with E-state index in [1.807, 2.05) is 6.07 Å². The summed E-state index contributed by atoms with van der Waals surface area (Å²) < 4.78 is 0. The minimum atomic E-state index is 0.0669. The van der Waals surface area contributed by atoms with Gasteiger partial charge in [0.1, 0.15) is 0 Å². The van der Waals surface area contributed by atoms with Gasteiger partial charge in [-0.05, 0) is 29.0 Å². The maximum atomic E-state index is 3.62. The molecule has 0 bridgehead atoms. The fourth-order valence-corrected chi connectivity index (χ4v) is 2.25. The monoisotopic (exact) mass is 262 g/mol. The van der Waals surface area contributed by atoms with Crippen LogP contribution in [0.3, 0.4) is 0 Å². The largest absolute Gasteiger partial charge is 0.112 e. The van der Waals surface area contributed by atoms with Crippen LogP contribution in [-0.4, -0.2) is 0 Å². The number of allylic oxidation sites excluding steroid dienone is 1. The zero-order chi connectivity index (χ0) is 14.6. The first-order valence-corrected chi connectivity index (χ1v) is 7.07. The van der Waals surface area contributed by atoms with Gasteiger partial charge in [0, 0.05) is 5.57 Å². The van der Waals surface area contributed by atoms with Crippen LogP contribution in [0.5, 0.6) is 0 Å². The first-order valence-electron chi connectivity index (χ1n) is 7.07. The summed E-state index contributed by atoms with van der Waals surface area (Å²) in [5.74, 6) is 0. The Kier molecular flexibility index (Phi) is 4.27. The molecule has 0 radical (unpaired) electrons. The lowest BCUT2D eigenvalue weighted by molar-refractivity contribution is 0.567. The zero-order valence-electron chi connectivity index (χ0n) is 12.8. The van der Waals surface area contributed by atoms with E-state index in [4.69, 9.17) is 0 Å². The molecule has 0 aliphatic rings. The van der Waals surface area contributed by atoms with Crippen LogP contribution in [-0.2, 0) is 0 Å². The summed E-state index contributed by atoms with van der Waals surface area (Å²) in [6.45, 7) is 8.84. The summed E-state index contributed by atoms with van der Waals surface area (Å²) >= 11 is 0. The van der Waals surface area contributed by atoms with Gasteiger partial charge in [-0.1, -0.05) is 81.4 Å². The Balaban J connectivity index is 2.61. The van der Waals surface area contributed by atoms with Crippen molar-refractivity contribution in [3.05, 3.63) is 77.5 Å². The first kappa shape index (κ1) is 14.4. The second-order valence-corrected chi connectivity index (χ2v) is 6.11. The summed E-state index contributed by atoms with van der Waals surface area (Å²) in [6, 6.07) is 21.0. The zero-order valence-corrected chi connectivity index (χ0v) is 12.8. The molecule has 0 fully saturated rings. The highest BCUT2D eigenvalue weighted by atomic mass is 14.2. The smallest absolute Gasteiger partial charge is 0.00686 e. The maximum absolute atomic E-state index is 3.62. The van der Waals surface area contributed by atoms with Crippen LogP contribution in [0.25, 0.3) is 11.1 Å². The molecule has 0 atom stereocenters. The van der Waals surface area contributed by atoms with Gasteiger partial charge in [0.25, 0.3) is 0 Å². The van der Waals surface area contributed by atoms with Crippen LogP contribution >= 0.6 is 0 Å². The molecule has 0 aromatic heterocycles. The van der Waals surface area contributed by atoms with E-state index in [1.54, 1.807) is 0 Å². The molecule has 20 heavy (non-hydrogen) atoms. The van der Waals surface area contributed by atoms with Crippen LogP contribution in [0, 0.1) is 5.41 Å². The second-order valence-electron chi connectivity index (χ2n) is 6.11. The Morgan fingerprint density at radius 3 is 1.65 bits per heavy atom. The maximum Gasteiger partial charge on any atom is 0.00686 e.